The number of benzene rings is 1. The van der Waals surface area contributed by atoms with Gasteiger partial charge < -0.3 is 16.6 Å². The van der Waals surface area contributed by atoms with Crippen molar-refractivity contribution in [1.82, 2.24) is 0 Å². The third kappa shape index (κ3) is 1.68. The molecule has 0 fully saturated rings. The molecule has 0 amide bonds. The zero-order chi connectivity index (χ0) is 9.14. The topological polar surface area (TPSA) is 72.3 Å². The molecule has 3 heteroatoms. The zero-order valence-corrected chi connectivity index (χ0v) is 7.12. The van der Waals surface area contributed by atoms with Crippen LogP contribution in [0.4, 0.5) is 11.4 Å². The summed E-state index contributed by atoms with van der Waals surface area (Å²) in [6.07, 6.45) is 0. The van der Waals surface area contributed by atoms with Crippen LogP contribution in [0.5, 0.6) is 0 Å². The number of aliphatic hydroxyl groups excluding tert-OH is 1. The van der Waals surface area contributed by atoms with Crippen LogP contribution in [0.25, 0.3) is 0 Å². The Hall–Kier alpha value is -1.22. The lowest BCUT2D eigenvalue weighted by molar-refractivity contribution is 0.273. The molecule has 0 radical (unpaired) electrons. The van der Waals surface area contributed by atoms with Crippen molar-refractivity contribution in [2.24, 2.45) is 0 Å². The van der Waals surface area contributed by atoms with Crippen molar-refractivity contribution < 1.29 is 5.11 Å². The fourth-order valence-electron chi connectivity index (χ4n) is 1.12. The van der Waals surface area contributed by atoms with Crippen LogP contribution in [-0.4, -0.2) is 11.7 Å². The Morgan fingerprint density at radius 3 is 2.67 bits per heavy atom. The van der Waals surface area contributed by atoms with Crippen molar-refractivity contribution in [3.8, 4) is 0 Å². The van der Waals surface area contributed by atoms with Gasteiger partial charge in [-0.3, -0.25) is 0 Å². The Bertz CT molecular complexity index is 273. The van der Waals surface area contributed by atoms with Crippen molar-refractivity contribution in [2.75, 3.05) is 18.1 Å². The van der Waals surface area contributed by atoms with E-state index < -0.39 is 0 Å². The number of rotatable bonds is 2. The number of anilines is 2. The van der Waals surface area contributed by atoms with E-state index >= 15 is 0 Å². The average Bonchev–Trinajstić information content (AvgIpc) is 2.08. The molecule has 0 aliphatic carbocycles. The van der Waals surface area contributed by atoms with Gasteiger partial charge in [0.1, 0.15) is 0 Å². The highest BCUT2D eigenvalue weighted by Crippen LogP contribution is 2.23. The van der Waals surface area contributed by atoms with Gasteiger partial charge in [-0.15, -0.1) is 0 Å². The smallest absolute Gasteiger partial charge is 0.0497 e. The first-order chi connectivity index (χ1) is 5.65. The Morgan fingerprint density at radius 2 is 2.08 bits per heavy atom. The average molecular weight is 166 g/mol. The molecular weight excluding hydrogens is 152 g/mol. The van der Waals surface area contributed by atoms with Crippen LogP contribution in [0.15, 0.2) is 18.2 Å². The van der Waals surface area contributed by atoms with Gasteiger partial charge in [-0.05, 0) is 23.8 Å². The highest BCUT2D eigenvalue weighted by molar-refractivity contribution is 5.56. The largest absolute Gasteiger partial charge is 0.399 e. The van der Waals surface area contributed by atoms with Gasteiger partial charge in [0.25, 0.3) is 0 Å². The van der Waals surface area contributed by atoms with E-state index in [1.807, 2.05) is 6.92 Å². The predicted octanol–water partition coefficient (Wildman–Crippen LogP) is 0.947. The summed E-state index contributed by atoms with van der Waals surface area (Å²) in [5.74, 6) is 0.0495. The van der Waals surface area contributed by atoms with Gasteiger partial charge >= 0.3 is 0 Å². The molecule has 0 heterocycles. The van der Waals surface area contributed by atoms with Gasteiger partial charge in [0, 0.05) is 23.9 Å². The van der Waals surface area contributed by atoms with Gasteiger partial charge in [-0.25, -0.2) is 0 Å². The maximum Gasteiger partial charge on any atom is 0.0497 e. The minimum absolute atomic E-state index is 0.0495. The maximum absolute atomic E-state index is 8.91. The standard InChI is InChI=1S/C9H14N2O/c1-6(5-12)8-4-7(10)2-3-9(8)11/h2-4,6,12H,5,10-11H2,1H3. The van der Waals surface area contributed by atoms with Crippen molar-refractivity contribution in [3.05, 3.63) is 23.8 Å². The van der Waals surface area contributed by atoms with E-state index in [2.05, 4.69) is 0 Å². The summed E-state index contributed by atoms with van der Waals surface area (Å²) >= 11 is 0. The van der Waals surface area contributed by atoms with Crippen LogP contribution >= 0.6 is 0 Å². The molecule has 1 unspecified atom stereocenters. The van der Waals surface area contributed by atoms with Crippen molar-refractivity contribution in [1.29, 1.82) is 0 Å². The molecule has 5 N–H and O–H groups in total. The molecule has 0 spiro atoms. The van der Waals surface area contributed by atoms with Gasteiger partial charge in [0.15, 0.2) is 0 Å². The quantitative estimate of drug-likeness (QED) is 0.573. The lowest BCUT2D eigenvalue weighted by Gasteiger charge is -2.11. The lowest BCUT2D eigenvalue weighted by Crippen LogP contribution is -2.04. The van der Waals surface area contributed by atoms with Crippen LogP contribution in [0.1, 0.15) is 18.4 Å². The Kier molecular flexibility index (Phi) is 2.55. The summed E-state index contributed by atoms with van der Waals surface area (Å²) in [5, 5.41) is 8.91. The van der Waals surface area contributed by atoms with Crippen LogP contribution in [0.3, 0.4) is 0 Å². The SMILES string of the molecule is CC(CO)c1cc(N)ccc1N. The summed E-state index contributed by atoms with van der Waals surface area (Å²) in [7, 11) is 0. The fraction of sp³-hybridized carbons (Fsp3) is 0.333. The van der Waals surface area contributed by atoms with E-state index in [0.29, 0.717) is 11.4 Å². The highest BCUT2D eigenvalue weighted by Gasteiger charge is 2.07. The van der Waals surface area contributed by atoms with E-state index in [-0.39, 0.29) is 12.5 Å². The molecule has 1 aromatic carbocycles. The third-order valence-corrected chi connectivity index (χ3v) is 1.92. The lowest BCUT2D eigenvalue weighted by atomic mass is 10.00. The van der Waals surface area contributed by atoms with Gasteiger partial charge in [0.05, 0.1) is 0 Å². The monoisotopic (exact) mass is 166 g/mol. The molecule has 0 saturated heterocycles. The summed E-state index contributed by atoms with van der Waals surface area (Å²) < 4.78 is 0. The molecule has 0 aliphatic rings. The predicted molar refractivity (Wildman–Crippen MR) is 50.8 cm³/mol. The van der Waals surface area contributed by atoms with E-state index in [9.17, 15) is 0 Å². The van der Waals surface area contributed by atoms with Crippen LogP contribution in [0, 0.1) is 0 Å². The van der Waals surface area contributed by atoms with E-state index in [0.717, 1.165) is 5.56 Å². The van der Waals surface area contributed by atoms with Crippen molar-refractivity contribution >= 4 is 11.4 Å². The molecule has 0 bridgehead atoms. The summed E-state index contributed by atoms with van der Waals surface area (Å²) in [6, 6.07) is 5.32. The van der Waals surface area contributed by atoms with Gasteiger partial charge in [-0.1, -0.05) is 6.92 Å². The van der Waals surface area contributed by atoms with E-state index in [1.165, 1.54) is 0 Å². The second kappa shape index (κ2) is 3.45. The maximum atomic E-state index is 8.91. The molecule has 0 aliphatic heterocycles. The Morgan fingerprint density at radius 1 is 1.42 bits per heavy atom. The van der Waals surface area contributed by atoms with E-state index in [4.69, 9.17) is 16.6 Å². The van der Waals surface area contributed by atoms with Crippen LogP contribution in [-0.2, 0) is 0 Å². The van der Waals surface area contributed by atoms with E-state index in [1.54, 1.807) is 18.2 Å². The Balaban J connectivity index is 3.04. The first-order valence-corrected chi connectivity index (χ1v) is 3.91. The summed E-state index contributed by atoms with van der Waals surface area (Å²) in [6.45, 7) is 2.00. The number of nitrogens with two attached hydrogens (primary N) is 2. The minimum atomic E-state index is 0.0495. The third-order valence-electron chi connectivity index (χ3n) is 1.92. The minimum Gasteiger partial charge on any atom is -0.399 e. The molecule has 0 saturated carbocycles. The second-order valence-corrected chi connectivity index (χ2v) is 2.97. The molecule has 3 nitrogen and oxygen atoms in total. The van der Waals surface area contributed by atoms with Gasteiger partial charge in [0.2, 0.25) is 0 Å². The molecule has 0 aromatic heterocycles. The summed E-state index contributed by atoms with van der Waals surface area (Å²) in [5.41, 5.74) is 13.6. The molecule has 1 atom stereocenters. The normalized spacial score (nSPS) is 12.8. The number of nitrogen functional groups attached to an aromatic ring is 2. The number of aliphatic hydroxyl groups is 1. The highest BCUT2D eigenvalue weighted by atomic mass is 16.3. The number of hydrogen-bond acceptors (Lipinski definition) is 3. The molecule has 1 rings (SSSR count). The fourth-order valence-corrected chi connectivity index (χ4v) is 1.12. The Labute approximate surface area is 72.0 Å². The van der Waals surface area contributed by atoms with Crippen LogP contribution < -0.4 is 11.5 Å². The van der Waals surface area contributed by atoms with Crippen molar-refractivity contribution in [3.63, 3.8) is 0 Å². The molecule has 66 valence electrons. The molecule has 1 aromatic rings. The van der Waals surface area contributed by atoms with Crippen LogP contribution in [0.2, 0.25) is 0 Å². The first kappa shape index (κ1) is 8.87. The zero-order valence-electron chi connectivity index (χ0n) is 7.12. The summed E-state index contributed by atoms with van der Waals surface area (Å²) in [4.78, 5) is 0. The first-order valence-electron chi connectivity index (χ1n) is 3.91. The number of hydrogen-bond donors (Lipinski definition) is 3. The second-order valence-electron chi connectivity index (χ2n) is 2.97. The van der Waals surface area contributed by atoms with Gasteiger partial charge in [-0.2, -0.15) is 0 Å². The van der Waals surface area contributed by atoms with Crippen molar-refractivity contribution in [2.45, 2.75) is 12.8 Å². The molecular formula is C9H14N2O. The molecule has 12 heavy (non-hydrogen) atoms.